The summed E-state index contributed by atoms with van der Waals surface area (Å²) in [5.74, 6) is -0.917. The summed E-state index contributed by atoms with van der Waals surface area (Å²) in [5, 5.41) is 2.78. The van der Waals surface area contributed by atoms with Crippen LogP contribution in [0, 0.1) is 5.92 Å². The van der Waals surface area contributed by atoms with Crippen LogP contribution in [0.2, 0.25) is 0 Å². The number of esters is 1. The van der Waals surface area contributed by atoms with E-state index < -0.39 is 11.9 Å². The van der Waals surface area contributed by atoms with Crippen molar-refractivity contribution in [2.75, 3.05) is 56.7 Å². The van der Waals surface area contributed by atoms with Gasteiger partial charge in [0.15, 0.2) is 6.61 Å². The highest BCUT2D eigenvalue weighted by Gasteiger charge is 2.18. The maximum atomic E-state index is 12.2. The molecule has 2 amide bonds. The smallest absolute Gasteiger partial charge is 0.306 e. The number of ether oxygens (including phenoxy) is 2. The zero-order valence-electron chi connectivity index (χ0n) is 17.3. The highest BCUT2D eigenvalue weighted by Crippen LogP contribution is 2.21. The maximum absolute atomic E-state index is 12.2. The fraction of sp³-hybridized carbons (Fsp3) is 0.500. The Bertz CT molecular complexity index is 771. The Morgan fingerprint density at radius 3 is 2.60 bits per heavy atom. The van der Waals surface area contributed by atoms with Gasteiger partial charge in [0.25, 0.3) is 5.91 Å². The third-order valence-electron chi connectivity index (χ3n) is 5.23. The molecule has 8 heteroatoms. The minimum atomic E-state index is -0.414. The molecule has 1 aliphatic heterocycles. The number of allylic oxidation sites excluding steroid dienone is 2. The average molecular weight is 415 g/mol. The summed E-state index contributed by atoms with van der Waals surface area (Å²) >= 11 is 0. The molecular formula is C22H29N3O5. The number of hydrogen-bond donors (Lipinski definition) is 1. The molecule has 1 fully saturated rings. The molecule has 3 rings (SSSR count). The molecular weight excluding hydrogens is 386 g/mol. The fourth-order valence-electron chi connectivity index (χ4n) is 3.47. The molecule has 162 valence electrons. The molecule has 1 aromatic carbocycles. The first-order chi connectivity index (χ1) is 14.5. The van der Waals surface area contributed by atoms with Gasteiger partial charge in [-0.3, -0.25) is 14.4 Å². The van der Waals surface area contributed by atoms with E-state index in [1.807, 2.05) is 36.4 Å². The number of amides is 2. The Labute approximate surface area is 176 Å². The van der Waals surface area contributed by atoms with E-state index in [1.54, 1.807) is 0 Å². The van der Waals surface area contributed by atoms with E-state index >= 15 is 0 Å². The second-order valence-corrected chi connectivity index (χ2v) is 7.57. The van der Waals surface area contributed by atoms with Gasteiger partial charge in [0, 0.05) is 31.5 Å². The number of rotatable bonds is 8. The lowest BCUT2D eigenvalue weighted by Crippen LogP contribution is -2.37. The molecule has 1 aromatic rings. The molecule has 1 atom stereocenters. The van der Waals surface area contributed by atoms with Gasteiger partial charge in [-0.1, -0.05) is 12.2 Å². The van der Waals surface area contributed by atoms with Crippen LogP contribution in [0.25, 0.3) is 0 Å². The quantitative estimate of drug-likeness (QED) is 0.515. The van der Waals surface area contributed by atoms with E-state index in [4.69, 9.17) is 9.47 Å². The topological polar surface area (TPSA) is 88.2 Å². The fourth-order valence-corrected chi connectivity index (χ4v) is 3.47. The molecule has 8 nitrogen and oxygen atoms in total. The van der Waals surface area contributed by atoms with Gasteiger partial charge in [-0.15, -0.1) is 0 Å². The Morgan fingerprint density at radius 2 is 1.93 bits per heavy atom. The van der Waals surface area contributed by atoms with Gasteiger partial charge in [0.05, 0.1) is 26.2 Å². The lowest BCUT2D eigenvalue weighted by atomic mass is 10.1. The van der Waals surface area contributed by atoms with Crippen LogP contribution in [0.5, 0.6) is 0 Å². The van der Waals surface area contributed by atoms with E-state index in [0.29, 0.717) is 18.9 Å². The lowest BCUT2D eigenvalue weighted by molar-refractivity contribution is -0.152. The Balaban J connectivity index is 1.38. The van der Waals surface area contributed by atoms with E-state index in [9.17, 15) is 14.4 Å². The van der Waals surface area contributed by atoms with Crippen molar-refractivity contribution >= 4 is 29.2 Å². The Kier molecular flexibility index (Phi) is 7.84. The first kappa shape index (κ1) is 21.8. The van der Waals surface area contributed by atoms with Crippen LogP contribution in [0.1, 0.15) is 19.3 Å². The summed E-state index contributed by atoms with van der Waals surface area (Å²) in [6.07, 6.45) is 6.26. The molecule has 1 saturated heterocycles. The van der Waals surface area contributed by atoms with Crippen molar-refractivity contribution in [1.82, 2.24) is 4.90 Å². The molecule has 0 unspecified atom stereocenters. The maximum Gasteiger partial charge on any atom is 0.306 e. The first-order valence-electron chi connectivity index (χ1n) is 10.3. The third-order valence-corrected chi connectivity index (χ3v) is 5.23. The Hall–Kier alpha value is -2.87. The summed E-state index contributed by atoms with van der Waals surface area (Å²) in [4.78, 5) is 39.7. The first-order valence-corrected chi connectivity index (χ1v) is 10.3. The van der Waals surface area contributed by atoms with Gasteiger partial charge < -0.3 is 24.6 Å². The number of likely N-dealkylation sites (N-methyl/N-ethyl adjacent to an activating group) is 1. The van der Waals surface area contributed by atoms with Crippen LogP contribution in [0.15, 0.2) is 36.4 Å². The van der Waals surface area contributed by atoms with Gasteiger partial charge in [0.1, 0.15) is 0 Å². The van der Waals surface area contributed by atoms with Crippen LogP contribution in [-0.4, -0.2) is 69.2 Å². The second-order valence-electron chi connectivity index (χ2n) is 7.57. The molecule has 0 bridgehead atoms. The Morgan fingerprint density at radius 1 is 1.20 bits per heavy atom. The zero-order valence-corrected chi connectivity index (χ0v) is 17.3. The summed E-state index contributed by atoms with van der Waals surface area (Å²) in [6.45, 7) is 2.65. The van der Waals surface area contributed by atoms with E-state index in [1.165, 1.54) is 11.9 Å². The molecule has 1 heterocycles. The van der Waals surface area contributed by atoms with Crippen LogP contribution in [-0.2, 0) is 23.9 Å². The molecule has 0 radical (unpaired) electrons. The van der Waals surface area contributed by atoms with Gasteiger partial charge in [-0.2, -0.15) is 0 Å². The summed E-state index contributed by atoms with van der Waals surface area (Å²) in [6, 6.07) is 7.58. The molecule has 30 heavy (non-hydrogen) atoms. The van der Waals surface area contributed by atoms with Crippen molar-refractivity contribution in [3.05, 3.63) is 36.4 Å². The van der Waals surface area contributed by atoms with Crippen molar-refractivity contribution in [2.45, 2.75) is 19.3 Å². The summed E-state index contributed by atoms with van der Waals surface area (Å²) in [7, 11) is 1.51. The van der Waals surface area contributed by atoms with Gasteiger partial charge in [0.2, 0.25) is 5.91 Å². The lowest BCUT2D eigenvalue weighted by Gasteiger charge is -2.28. The van der Waals surface area contributed by atoms with E-state index in [2.05, 4.69) is 10.2 Å². The number of nitrogens with one attached hydrogen (secondary N) is 1. The van der Waals surface area contributed by atoms with Crippen LogP contribution in [0.3, 0.4) is 0 Å². The SMILES string of the molecule is CN(CC(=O)Nc1ccc(N2CCOCC2)cc1)C(=O)COC(=O)C[C@H]1C=CCC1. The zero-order chi connectivity index (χ0) is 21.3. The number of nitrogens with zero attached hydrogens (tertiary/aromatic N) is 2. The molecule has 1 N–H and O–H groups in total. The number of carbonyl (C=O) groups is 3. The standard InChI is InChI=1S/C22H29N3O5/c1-24(21(27)16-30-22(28)14-17-4-2-3-5-17)15-20(26)23-18-6-8-19(9-7-18)25-10-12-29-13-11-25/h2,4,6-9,17H,3,5,10-16H2,1H3,(H,23,26)/t17-/m0/s1. The van der Waals surface area contributed by atoms with Crippen molar-refractivity contribution in [2.24, 2.45) is 5.92 Å². The predicted molar refractivity (Wildman–Crippen MR) is 113 cm³/mol. The largest absolute Gasteiger partial charge is 0.456 e. The van der Waals surface area contributed by atoms with Gasteiger partial charge in [-0.25, -0.2) is 0 Å². The van der Waals surface area contributed by atoms with Crippen molar-refractivity contribution < 1.29 is 23.9 Å². The highest BCUT2D eigenvalue weighted by atomic mass is 16.5. The minimum Gasteiger partial charge on any atom is -0.456 e. The van der Waals surface area contributed by atoms with Crippen LogP contribution < -0.4 is 10.2 Å². The summed E-state index contributed by atoms with van der Waals surface area (Å²) in [5.41, 5.74) is 1.74. The van der Waals surface area contributed by atoms with Crippen molar-refractivity contribution in [3.8, 4) is 0 Å². The van der Waals surface area contributed by atoms with Crippen LogP contribution in [0.4, 0.5) is 11.4 Å². The number of hydrogen-bond acceptors (Lipinski definition) is 6. The number of morpholine rings is 1. The third kappa shape index (κ3) is 6.59. The van der Waals surface area contributed by atoms with Gasteiger partial charge in [-0.05, 0) is 43.0 Å². The predicted octanol–water partition coefficient (Wildman–Crippen LogP) is 1.82. The average Bonchev–Trinajstić information content (AvgIpc) is 3.26. The van der Waals surface area contributed by atoms with Crippen LogP contribution >= 0.6 is 0 Å². The number of anilines is 2. The minimum absolute atomic E-state index is 0.118. The normalized spacial score (nSPS) is 18.2. The molecule has 0 aromatic heterocycles. The number of carbonyl (C=O) groups excluding carboxylic acids is 3. The van der Waals surface area contributed by atoms with Crippen molar-refractivity contribution in [1.29, 1.82) is 0 Å². The van der Waals surface area contributed by atoms with Crippen molar-refractivity contribution in [3.63, 3.8) is 0 Å². The monoisotopic (exact) mass is 415 g/mol. The number of benzene rings is 1. The van der Waals surface area contributed by atoms with E-state index in [0.717, 1.165) is 31.6 Å². The van der Waals surface area contributed by atoms with E-state index in [-0.39, 0.29) is 31.4 Å². The van der Waals surface area contributed by atoms with Gasteiger partial charge >= 0.3 is 5.97 Å². The second kappa shape index (κ2) is 10.8. The summed E-state index contributed by atoms with van der Waals surface area (Å²) < 4.78 is 10.4. The molecule has 0 saturated carbocycles. The molecule has 1 aliphatic carbocycles. The highest BCUT2D eigenvalue weighted by molar-refractivity contribution is 5.95. The molecule has 0 spiro atoms. The molecule has 2 aliphatic rings.